The average Bonchev–Trinajstić information content (AvgIpc) is 3.25. The summed E-state index contributed by atoms with van der Waals surface area (Å²) in [5.74, 6) is 4.44. The monoisotopic (exact) mass is 564 g/mol. The summed E-state index contributed by atoms with van der Waals surface area (Å²) in [6.45, 7) is 4.46. The van der Waals surface area contributed by atoms with E-state index < -0.39 is 13.4 Å². The minimum atomic E-state index is -3.08. The molecule has 0 saturated heterocycles. The van der Waals surface area contributed by atoms with E-state index in [4.69, 9.17) is 15.8 Å². The molecule has 2 rings (SSSR count). The van der Waals surface area contributed by atoms with Gasteiger partial charge >= 0.3 is 109 Å². The Labute approximate surface area is 294 Å². The number of nitriles is 3. The SMILES string of the molecule is C.CCN1C=CN(C)C1.CCN1C=CN(C)C1.F[C-](F)F.N#CB(C#N)C#N.O.[Cl-].[Cl-].[K+].[K+]. The molecule has 0 radical (unpaired) electrons. The normalized spacial score (nSPS) is 10.9. The van der Waals surface area contributed by atoms with Crippen molar-refractivity contribution in [2.75, 3.05) is 40.5 Å². The molecular formula is C17H30BCl2F3K2N7O-. The molecule has 0 unspecified atom stereocenters. The van der Waals surface area contributed by atoms with Gasteiger partial charge in [-0.2, -0.15) is 0 Å². The Hall–Kier alpha value is 0.818. The fourth-order valence-electron chi connectivity index (χ4n) is 1.68. The summed E-state index contributed by atoms with van der Waals surface area (Å²) in [6, 6.07) is 0. The minimum Gasteiger partial charge on any atom is -1.00 e. The zero-order chi connectivity index (χ0) is 21.2. The van der Waals surface area contributed by atoms with Crippen molar-refractivity contribution in [3.8, 4) is 17.9 Å². The van der Waals surface area contributed by atoms with E-state index >= 15 is 0 Å². The molecule has 2 aliphatic heterocycles. The predicted octanol–water partition coefficient (Wildman–Crippen LogP) is -9.80. The van der Waals surface area contributed by atoms with Crippen LogP contribution in [0.15, 0.2) is 24.8 Å². The van der Waals surface area contributed by atoms with E-state index in [0.717, 1.165) is 26.4 Å². The van der Waals surface area contributed by atoms with Crippen LogP contribution in [0.3, 0.4) is 0 Å². The van der Waals surface area contributed by atoms with Crippen molar-refractivity contribution in [1.82, 2.24) is 19.6 Å². The Balaban J connectivity index is -0.0000000406. The van der Waals surface area contributed by atoms with Gasteiger partial charge in [0.05, 0.1) is 13.3 Å². The van der Waals surface area contributed by atoms with Gasteiger partial charge < -0.3 is 63.1 Å². The van der Waals surface area contributed by atoms with Crippen molar-refractivity contribution in [2.45, 2.75) is 21.3 Å². The van der Waals surface area contributed by atoms with Crippen molar-refractivity contribution in [1.29, 1.82) is 15.8 Å². The fourth-order valence-corrected chi connectivity index (χ4v) is 1.68. The molecule has 0 aromatic heterocycles. The van der Waals surface area contributed by atoms with Gasteiger partial charge in [0, 0.05) is 69.9 Å². The van der Waals surface area contributed by atoms with Crippen LogP contribution < -0.4 is 128 Å². The van der Waals surface area contributed by atoms with Crippen molar-refractivity contribution >= 4 is 6.71 Å². The summed E-state index contributed by atoms with van der Waals surface area (Å²) < 4.78 is 28.8. The van der Waals surface area contributed by atoms with E-state index in [1.807, 2.05) is 0 Å². The topological polar surface area (TPSA) is 116 Å². The first-order valence-electron chi connectivity index (χ1n) is 8.01. The molecule has 0 atom stereocenters. The maximum Gasteiger partial charge on any atom is 1.00 e. The molecule has 0 spiro atoms. The van der Waals surface area contributed by atoms with Crippen LogP contribution in [0.4, 0.5) is 13.2 Å². The molecular weight excluding hydrogens is 535 g/mol. The Bertz CT molecular complexity index is 532. The van der Waals surface area contributed by atoms with Crippen LogP contribution in [0.1, 0.15) is 21.3 Å². The zero-order valence-corrected chi connectivity index (χ0v) is 27.0. The largest absolute Gasteiger partial charge is 1.00 e. The van der Waals surface area contributed by atoms with Gasteiger partial charge in [0.25, 0.3) is 0 Å². The third-order valence-electron chi connectivity index (χ3n) is 3.07. The van der Waals surface area contributed by atoms with E-state index in [1.165, 1.54) is 17.9 Å². The second-order valence-electron chi connectivity index (χ2n) is 5.24. The van der Waals surface area contributed by atoms with Gasteiger partial charge in [-0.1, -0.05) is 7.43 Å². The van der Waals surface area contributed by atoms with Crippen molar-refractivity contribution in [3.63, 3.8) is 0 Å². The third-order valence-corrected chi connectivity index (χ3v) is 3.07. The number of nitrogens with zero attached hydrogens (tertiary/aromatic N) is 7. The van der Waals surface area contributed by atoms with Crippen LogP contribution in [0.2, 0.25) is 0 Å². The summed E-state index contributed by atoms with van der Waals surface area (Å²) in [5, 5.41) is 23.5. The Morgan fingerprint density at radius 2 is 1.03 bits per heavy atom. The van der Waals surface area contributed by atoms with Crippen LogP contribution in [-0.4, -0.2) is 72.3 Å². The molecule has 8 nitrogen and oxygen atoms in total. The van der Waals surface area contributed by atoms with Gasteiger partial charge in [-0.3, -0.25) is 0 Å². The predicted molar refractivity (Wildman–Crippen MR) is 108 cm³/mol. The minimum absolute atomic E-state index is 0. The van der Waals surface area contributed by atoms with E-state index in [-0.39, 0.29) is 140 Å². The van der Waals surface area contributed by atoms with Crippen LogP contribution in [0.25, 0.3) is 0 Å². The smallest absolute Gasteiger partial charge is 1.00 e. The first-order valence-corrected chi connectivity index (χ1v) is 8.01. The van der Waals surface area contributed by atoms with Gasteiger partial charge in [-0.15, -0.1) is 0 Å². The van der Waals surface area contributed by atoms with Crippen LogP contribution in [0.5, 0.6) is 0 Å². The summed E-state index contributed by atoms with van der Waals surface area (Å²) in [5.41, 5.74) is 0. The summed E-state index contributed by atoms with van der Waals surface area (Å²) in [6.07, 6.45) is 8.40. The van der Waals surface area contributed by atoms with Gasteiger partial charge in [0.15, 0.2) is 6.68 Å². The first-order chi connectivity index (χ1) is 12.7. The number of rotatable bonds is 2. The molecule has 180 valence electrons. The Kier molecular flexibility index (Phi) is 61.9. The van der Waals surface area contributed by atoms with Gasteiger partial charge in [0.1, 0.15) is 0 Å². The molecule has 0 fully saturated rings. The maximum absolute atomic E-state index is 9.58. The van der Waals surface area contributed by atoms with Gasteiger partial charge in [-0.05, 0) is 13.8 Å². The molecule has 0 bridgehead atoms. The molecule has 33 heavy (non-hydrogen) atoms. The molecule has 0 aromatic rings. The van der Waals surface area contributed by atoms with E-state index in [2.05, 4.69) is 72.3 Å². The van der Waals surface area contributed by atoms with E-state index in [9.17, 15) is 13.2 Å². The van der Waals surface area contributed by atoms with E-state index in [1.54, 1.807) is 0 Å². The molecule has 0 aliphatic carbocycles. The standard InChI is InChI=1S/2C6H12N2.C3BN3.CF3.CH4.2ClH.2K.H2O/c2*1-3-8-5-4-7(2)6-8;5-1-4(2-6)3-7;2-1(3)4;;;;;;/h2*4-5H,3,6H2,1-2H3;;;1H4;2*1H;;;1H2/q;;;-1;;;;2*+1;/p-2. The second-order valence-corrected chi connectivity index (χ2v) is 5.24. The summed E-state index contributed by atoms with van der Waals surface area (Å²) >= 11 is 0. The van der Waals surface area contributed by atoms with Crippen molar-refractivity contribution in [3.05, 3.63) is 31.5 Å². The van der Waals surface area contributed by atoms with Gasteiger partial charge in [-0.25, -0.2) is 15.8 Å². The second kappa shape index (κ2) is 37.4. The zero-order valence-electron chi connectivity index (χ0n) is 19.2. The van der Waals surface area contributed by atoms with Gasteiger partial charge in [0.2, 0.25) is 0 Å². The average molecular weight is 565 g/mol. The molecule has 0 aromatic carbocycles. The number of hydrogen-bond acceptors (Lipinski definition) is 7. The Morgan fingerprint density at radius 1 is 0.788 bits per heavy atom. The molecule has 2 aliphatic rings. The van der Waals surface area contributed by atoms with E-state index in [0.29, 0.717) is 0 Å². The maximum atomic E-state index is 9.58. The molecule has 0 saturated carbocycles. The molecule has 0 amide bonds. The summed E-state index contributed by atoms with van der Waals surface area (Å²) in [4.78, 5) is 8.81. The van der Waals surface area contributed by atoms with Crippen LogP contribution in [0, 0.1) is 40.4 Å². The van der Waals surface area contributed by atoms with Crippen molar-refractivity contribution < 1.29 is 146 Å². The number of hydrogen-bond donors (Lipinski definition) is 0. The number of halogens is 5. The van der Waals surface area contributed by atoms with Crippen molar-refractivity contribution in [2.24, 2.45) is 0 Å². The van der Waals surface area contributed by atoms with Crippen LogP contribution in [-0.2, 0) is 0 Å². The summed E-state index contributed by atoms with van der Waals surface area (Å²) in [7, 11) is 4.15. The third kappa shape index (κ3) is 37.5. The Morgan fingerprint density at radius 3 is 1.09 bits per heavy atom. The molecule has 2 N–H and O–H groups in total. The molecule has 16 heteroatoms. The fraction of sp³-hybridized carbons (Fsp3) is 0.529. The quantitative estimate of drug-likeness (QED) is 0.241. The first kappa shape index (κ1) is 54.6. The molecule has 2 heterocycles. The van der Waals surface area contributed by atoms with Crippen LogP contribution >= 0.6 is 0 Å².